The first-order valence-electron chi connectivity index (χ1n) is 8.13. The average molecular weight is 385 g/mol. The standard InChI is InChI=1S/C20H14ClFN2OS/c1-2-24(13-9-7-12(22)8-10-13)20(25)17-11-15-18(26-17)14-5-3-4-6-16(14)23-19(15)21/h3-11H,2H2,1H3. The van der Waals surface area contributed by atoms with Crippen molar-refractivity contribution in [3.8, 4) is 0 Å². The lowest BCUT2D eigenvalue weighted by atomic mass is 10.2. The zero-order valence-corrected chi connectivity index (χ0v) is 15.4. The number of anilines is 1. The monoisotopic (exact) mass is 384 g/mol. The molecule has 0 aliphatic heterocycles. The molecule has 0 aliphatic carbocycles. The molecular weight excluding hydrogens is 371 g/mol. The van der Waals surface area contributed by atoms with E-state index in [2.05, 4.69) is 4.98 Å². The van der Waals surface area contributed by atoms with Crippen molar-refractivity contribution in [3.63, 3.8) is 0 Å². The highest BCUT2D eigenvalue weighted by atomic mass is 35.5. The van der Waals surface area contributed by atoms with Gasteiger partial charge >= 0.3 is 0 Å². The van der Waals surface area contributed by atoms with Crippen LogP contribution in [0.2, 0.25) is 5.15 Å². The van der Waals surface area contributed by atoms with Crippen molar-refractivity contribution in [3.05, 3.63) is 70.4 Å². The molecule has 0 atom stereocenters. The van der Waals surface area contributed by atoms with Gasteiger partial charge in [0.1, 0.15) is 11.0 Å². The van der Waals surface area contributed by atoms with Gasteiger partial charge in [-0.3, -0.25) is 4.79 Å². The van der Waals surface area contributed by atoms with E-state index in [1.807, 2.05) is 31.2 Å². The first kappa shape index (κ1) is 16.9. The van der Waals surface area contributed by atoms with E-state index < -0.39 is 0 Å². The summed E-state index contributed by atoms with van der Waals surface area (Å²) in [4.78, 5) is 19.7. The van der Waals surface area contributed by atoms with Crippen LogP contribution in [0, 0.1) is 5.82 Å². The van der Waals surface area contributed by atoms with E-state index in [1.165, 1.54) is 23.5 Å². The molecule has 2 aromatic carbocycles. The molecule has 0 saturated carbocycles. The van der Waals surface area contributed by atoms with Crippen LogP contribution in [0.25, 0.3) is 21.0 Å². The van der Waals surface area contributed by atoms with Crippen molar-refractivity contribution < 1.29 is 9.18 Å². The number of rotatable bonds is 3. The lowest BCUT2D eigenvalue weighted by Crippen LogP contribution is -2.29. The summed E-state index contributed by atoms with van der Waals surface area (Å²) in [5.41, 5.74) is 1.46. The van der Waals surface area contributed by atoms with Crippen molar-refractivity contribution in [1.29, 1.82) is 0 Å². The van der Waals surface area contributed by atoms with Crippen LogP contribution in [0.4, 0.5) is 10.1 Å². The molecule has 0 fully saturated rings. The van der Waals surface area contributed by atoms with E-state index in [-0.39, 0.29) is 11.7 Å². The minimum Gasteiger partial charge on any atom is -0.308 e. The summed E-state index contributed by atoms with van der Waals surface area (Å²) >= 11 is 7.73. The van der Waals surface area contributed by atoms with E-state index in [9.17, 15) is 9.18 Å². The van der Waals surface area contributed by atoms with Crippen LogP contribution >= 0.6 is 22.9 Å². The maximum atomic E-state index is 13.2. The van der Waals surface area contributed by atoms with Gasteiger partial charge in [-0.2, -0.15) is 0 Å². The SMILES string of the molecule is CCN(C(=O)c1cc2c(Cl)nc3ccccc3c2s1)c1ccc(F)cc1. The third kappa shape index (κ3) is 2.83. The molecule has 0 N–H and O–H groups in total. The van der Waals surface area contributed by atoms with Gasteiger partial charge in [0.2, 0.25) is 0 Å². The molecule has 2 heterocycles. The van der Waals surface area contributed by atoms with Gasteiger partial charge in [0.25, 0.3) is 5.91 Å². The first-order chi connectivity index (χ1) is 12.6. The number of para-hydroxylation sites is 1. The number of aromatic nitrogens is 1. The summed E-state index contributed by atoms with van der Waals surface area (Å²) in [5, 5.41) is 2.13. The zero-order valence-electron chi connectivity index (χ0n) is 13.9. The van der Waals surface area contributed by atoms with Crippen LogP contribution < -0.4 is 4.90 Å². The number of halogens is 2. The maximum Gasteiger partial charge on any atom is 0.268 e. The van der Waals surface area contributed by atoms with Gasteiger partial charge in [-0.05, 0) is 43.3 Å². The number of hydrogen-bond donors (Lipinski definition) is 0. The molecule has 0 radical (unpaired) electrons. The Labute approximate surface area is 158 Å². The van der Waals surface area contributed by atoms with Crippen LogP contribution in [-0.4, -0.2) is 17.4 Å². The fourth-order valence-electron chi connectivity index (χ4n) is 2.98. The highest BCUT2D eigenvalue weighted by molar-refractivity contribution is 7.22. The fourth-order valence-corrected chi connectivity index (χ4v) is 4.41. The highest BCUT2D eigenvalue weighted by Crippen LogP contribution is 2.36. The van der Waals surface area contributed by atoms with Crippen LogP contribution in [0.15, 0.2) is 54.6 Å². The number of carbonyl (C=O) groups excluding carboxylic acids is 1. The Balaban J connectivity index is 1.82. The lowest BCUT2D eigenvalue weighted by Gasteiger charge is -2.20. The van der Waals surface area contributed by atoms with Crippen molar-refractivity contribution in [2.45, 2.75) is 6.92 Å². The quantitative estimate of drug-likeness (QED) is 0.411. The number of fused-ring (bicyclic) bond motifs is 3. The molecular formula is C20H14ClFN2OS. The normalized spacial score (nSPS) is 11.2. The molecule has 0 spiro atoms. The summed E-state index contributed by atoms with van der Waals surface area (Å²) in [7, 11) is 0. The molecule has 0 bridgehead atoms. The van der Waals surface area contributed by atoms with Gasteiger partial charge in [0, 0.05) is 27.7 Å². The summed E-state index contributed by atoms with van der Waals surface area (Å²) < 4.78 is 14.1. The van der Waals surface area contributed by atoms with Crippen molar-refractivity contribution in [2.75, 3.05) is 11.4 Å². The molecule has 0 saturated heterocycles. The van der Waals surface area contributed by atoms with Crippen molar-refractivity contribution in [2.24, 2.45) is 0 Å². The largest absolute Gasteiger partial charge is 0.308 e. The van der Waals surface area contributed by atoms with Crippen molar-refractivity contribution in [1.82, 2.24) is 4.98 Å². The fraction of sp³-hybridized carbons (Fsp3) is 0.100. The Morgan fingerprint density at radius 1 is 1.15 bits per heavy atom. The van der Waals surface area contributed by atoms with Gasteiger partial charge < -0.3 is 4.90 Å². The highest BCUT2D eigenvalue weighted by Gasteiger charge is 2.20. The Hall–Kier alpha value is -2.50. The molecule has 2 aromatic heterocycles. The second kappa shape index (κ2) is 6.67. The topological polar surface area (TPSA) is 33.2 Å². The average Bonchev–Trinajstić information content (AvgIpc) is 3.10. The van der Waals surface area contributed by atoms with Gasteiger partial charge in [-0.25, -0.2) is 9.37 Å². The van der Waals surface area contributed by atoms with Gasteiger partial charge in [0.15, 0.2) is 0 Å². The van der Waals surface area contributed by atoms with E-state index >= 15 is 0 Å². The van der Waals surface area contributed by atoms with Gasteiger partial charge in [-0.1, -0.05) is 29.8 Å². The Morgan fingerprint density at radius 3 is 2.62 bits per heavy atom. The van der Waals surface area contributed by atoms with Crippen LogP contribution in [0.3, 0.4) is 0 Å². The second-order valence-corrected chi connectivity index (χ2v) is 7.21. The van der Waals surface area contributed by atoms with E-state index in [4.69, 9.17) is 11.6 Å². The third-order valence-electron chi connectivity index (χ3n) is 4.23. The van der Waals surface area contributed by atoms with E-state index in [0.717, 1.165) is 21.0 Å². The Morgan fingerprint density at radius 2 is 1.88 bits per heavy atom. The Kier molecular flexibility index (Phi) is 4.34. The second-order valence-electron chi connectivity index (χ2n) is 5.80. The lowest BCUT2D eigenvalue weighted by molar-refractivity contribution is 0.0992. The zero-order chi connectivity index (χ0) is 18.3. The third-order valence-corrected chi connectivity index (χ3v) is 5.68. The van der Waals surface area contributed by atoms with Crippen LogP contribution in [-0.2, 0) is 0 Å². The molecule has 0 unspecified atom stereocenters. The molecule has 3 nitrogen and oxygen atoms in total. The first-order valence-corrected chi connectivity index (χ1v) is 9.33. The minimum absolute atomic E-state index is 0.138. The molecule has 4 rings (SSSR count). The smallest absolute Gasteiger partial charge is 0.268 e. The van der Waals surface area contributed by atoms with Gasteiger partial charge in [-0.15, -0.1) is 11.3 Å². The summed E-state index contributed by atoms with van der Waals surface area (Å²) in [6.07, 6.45) is 0. The number of benzene rings is 2. The number of pyridine rings is 1. The maximum absolute atomic E-state index is 13.2. The molecule has 0 aliphatic rings. The number of hydrogen-bond acceptors (Lipinski definition) is 3. The molecule has 1 amide bonds. The molecule has 130 valence electrons. The molecule has 26 heavy (non-hydrogen) atoms. The van der Waals surface area contributed by atoms with Gasteiger partial charge in [0.05, 0.1) is 10.4 Å². The number of thiophene rings is 1. The predicted molar refractivity (Wildman–Crippen MR) is 106 cm³/mol. The summed E-state index contributed by atoms with van der Waals surface area (Å²) in [6, 6.07) is 15.4. The van der Waals surface area contributed by atoms with E-state index in [0.29, 0.717) is 22.3 Å². The summed E-state index contributed by atoms with van der Waals surface area (Å²) in [6.45, 7) is 2.37. The van der Waals surface area contributed by atoms with Crippen molar-refractivity contribution >= 4 is 55.5 Å². The number of amides is 1. The molecule has 6 heteroatoms. The Bertz CT molecular complexity index is 1120. The summed E-state index contributed by atoms with van der Waals surface area (Å²) in [5.74, 6) is -0.469. The molecule has 4 aromatic rings. The van der Waals surface area contributed by atoms with Crippen LogP contribution in [0.5, 0.6) is 0 Å². The predicted octanol–water partition coefficient (Wildman–Crippen LogP) is 5.91. The van der Waals surface area contributed by atoms with Crippen LogP contribution in [0.1, 0.15) is 16.6 Å². The van der Waals surface area contributed by atoms with E-state index in [1.54, 1.807) is 23.1 Å². The number of nitrogens with zero attached hydrogens (tertiary/aromatic N) is 2. The number of carbonyl (C=O) groups is 1. The minimum atomic E-state index is -0.330.